The van der Waals surface area contributed by atoms with Gasteiger partial charge < -0.3 is 26.4 Å². The molecule has 4 rings (SSSR count). The molecule has 2 aromatic carbocycles. The lowest BCUT2D eigenvalue weighted by Crippen LogP contribution is -2.22. The quantitative estimate of drug-likeness (QED) is 0.525. The summed E-state index contributed by atoms with van der Waals surface area (Å²) in [4.78, 5) is 24.0. The smallest absolute Gasteiger partial charge is 0.278 e. The van der Waals surface area contributed by atoms with Crippen molar-refractivity contribution in [2.75, 3.05) is 42.7 Å². The number of nitrogens with zero attached hydrogens (tertiary/aromatic N) is 3. The van der Waals surface area contributed by atoms with Crippen molar-refractivity contribution in [2.24, 2.45) is 5.73 Å². The summed E-state index contributed by atoms with van der Waals surface area (Å²) in [5.74, 6) is 0.560. The average Bonchev–Trinajstić information content (AvgIpc) is 2.82. The molecule has 0 atom stereocenters. The molecule has 3 aromatic rings. The van der Waals surface area contributed by atoms with Crippen LogP contribution in [0.25, 0.3) is 11.3 Å². The molecule has 172 valence electrons. The van der Waals surface area contributed by atoms with E-state index in [9.17, 15) is 4.79 Å². The topological polar surface area (TPSA) is 119 Å². The Bertz CT molecular complexity index is 1130. The summed E-state index contributed by atoms with van der Waals surface area (Å²) < 4.78 is 5.99. The summed E-state index contributed by atoms with van der Waals surface area (Å²) in [6.45, 7) is 2.02. The van der Waals surface area contributed by atoms with Gasteiger partial charge in [0.15, 0.2) is 11.5 Å². The molecular weight excluding hydrogens is 416 g/mol. The van der Waals surface area contributed by atoms with Crippen LogP contribution in [0.5, 0.6) is 5.75 Å². The number of aryl methyl sites for hydroxylation is 1. The first kappa shape index (κ1) is 22.5. The molecule has 0 saturated carbocycles. The molecule has 0 saturated heterocycles. The van der Waals surface area contributed by atoms with Crippen molar-refractivity contribution in [2.45, 2.75) is 25.7 Å². The van der Waals surface area contributed by atoms with Crippen molar-refractivity contribution < 1.29 is 9.53 Å². The van der Waals surface area contributed by atoms with Gasteiger partial charge in [-0.2, -0.15) is 0 Å². The molecule has 8 nitrogen and oxygen atoms in total. The maximum absolute atomic E-state index is 13.1. The zero-order valence-electron chi connectivity index (χ0n) is 18.9. The molecule has 0 radical (unpaired) electrons. The second-order valence-electron chi connectivity index (χ2n) is 8.15. The lowest BCUT2D eigenvalue weighted by atomic mass is 10.0. The Morgan fingerprint density at radius 3 is 2.88 bits per heavy atom. The lowest BCUT2D eigenvalue weighted by Gasteiger charge is -2.22. The number of nitrogens with one attached hydrogen (secondary N) is 1. The van der Waals surface area contributed by atoms with Crippen LogP contribution in [0.3, 0.4) is 0 Å². The molecule has 1 aliphatic rings. The first-order chi connectivity index (χ1) is 16.1. The van der Waals surface area contributed by atoms with Crippen molar-refractivity contribution in [3.8, 4) is 17.0 Å². The average molecular weight is 447 g/mol. The lowest BCUT2D eigenvalue weighted by molar-refractivity contribution is 0.102. The summed E-state index contributed by atoms with van der Waals surface area (Å²) in [7, 11) is 2.03. The van der Waals surface area contributed by atoms with Crippen LogP contribution in [0.15, 0.2) is 48.7 Å². The Labute approximate surface area is 194 Å². The van der Waals surface area contributed by atoms with Gasteiger partial charge in [-0.1, -0.05) is 12.1 Å². The van der Waals surface area contributed by atoms with E-state index in [4.69, 9.17) is 16.2 Å². The Hall–Kier alpha value is -3.65. The first-order valence-corrected chi connectivity index (χ1v) is 11.3. The Kier molecular flexibility index (Phi) is 7.04. The number of ether oxygens (including phenoxy) is 1. The number of amides is 1. The fraction of sp³-hybridized carbons (Fsp3) is 0.320. The van der Waals surface area contributed by atoms with E-state index in [1.165, 1.54) is 0 Å². The number of fused-ring (bicyclic) bond motifs is 6. The molecule has 2 heterocycles. The van der Waals surface area contributed by atoms with E-state index in [1.54, 1.807) is 6.20 Å². The Morgan fingerprint density at radius 2 is 2.03 bits per heavy atom. The SMILES string of the molecule is CN1CCCCc2cc(ccc2OCCCN)-c2cnc(N)c(n2)C(=O)Nc2ccccc21. The summed E-state index contributed by atoms with van der Waals surface area (Å²) in [5.41, 5.74) is 16.0. The third kappa shape index (κ3) is 5.23. The molecule has 1 amide bonds. The van der Waals surface area contributed by atoms with Crippen molar-refractivity contribution in [3.05, 3.63) is 59.9 Å². The summed E-state index contributed by atoms with van der Waals surface area (Å²) >= 11 is 0. The maximum Gasteiger partial charge on any atom is 0.278 e. The van der Waals surface area contributed by atoms with E-state index in [1.807, 2.05) is 43.4 Å². The fourth-order valence-electron chi connectivity index (χ4n) is 3.92. The van der Waals surface area contributed by atoms with Gasteiger partial charge in [-0.25, -0.2) is 9.97 Å². The molecule has 5 N–H and O–H groups in total. The largest absolute Gasteiger partial charge is 0.493 e. The fourth-order valence-corrected chi connectivity index (χ4v) is 3.92. The molecule has 8 heteroatoms. The number of hydrogen-bond acceptors (Lipinski definition) is 7. The molecule has 1 aliphatic heterocycles. The highest BCUT2D eigenvalue weighted by Crippen LogP contribution is 2.30. The van der Waals surface area contributed by atoms with E-state index in [0.717, 1.165) is 54.8 Å². The predicted octanol–water partition coefficient (Wildman–Crippen LogP) is 3.48. The van der Waals surface area contributed by atoms with Crippen molar-refractivity contribution >= 4 is 23.1 Å². The molecule has 4 bridgehead atoms. The molecular formula is C25H30N6O2. The first-order valence-electron chi connectivity index (χ1n) is 11.3. The summed E-state index contributed by atoms with van der Waals surface area (Å²) in [6.07, 6.45) is 5.25. The normalized spacial score (nSPS) is 14.0. The van der Waals surface area contributed by atoms with Crippen LogP contribution in [0.2, 0.25) is 0 Å². The molecule has 0 spiro atoms. The van der Waals surface area contributed by atoms with E-state index in [0.29, 0.717) is 24.5 Å². The number of rotatable bonds is 4. The Morgan fingerprint density at radius 1 is 1.18 bits per heavy atom. The second kappa shape index (κ2) is 10.3. The standard InChI is InChI=1S/C25H30N6O2/c1-31-13-5-4-7-18-15-17(10-11-22(18)33-14-6-12-26)20-16-28-24(27)23(29-20)25(32)30-19-8-2-3-9-21(19)31/h2-3,8-11,15-16H,4-7,12-14,26H2,1H3,(H2,27,28)(H,30,32). The van der Waals surface area contributed by atoms with Crippen LogP contribution in [0.4, 0.5) is 17.2 Å². The van der Waals surface area contributed by atoms with Gasteiger partial charge in [-0.3, -0.25) is 4.79 Å². The van der Waals surface area contributed by atoms with E-state index < -0.39 is 0 Å². The van der Waals surface area contributed by atoms with E-state index in [2.05, 4.69) is 26.3 Å². The van der Waals surface area contributed by atoms with Crippen LogP contribution in [-0.2, 0) is 6.42 Å². The van der Waals surface area contributed by atoms with Crippen molar-refractivity contribution in [1.82, 2.24) is 9.97 Å². The predicted molar refractivity (Wildman–Crippen MR) is 132 cm³/mol. The third-order valence-corrected chi connectivity index (χ3v) is 5.73. The van der Waals surface area contributed by atoms with Gasteiger partial charge in [0.25, 0.3) is 5.91 Å². The minimum atomic E-state index is -0.389. The summed E-state index contributed by atoms with van der Waals surface area (Å²) in [6, 6.07) is 13.7. The number of nitrogen functional groups attached to an aromatic ring is 1. The molecule has 33 heavy (non-hydrogen) atoms. The number of benzene rings is 2. The number of anilines is 3. The zero-order valence-corrected chi connectivity index (χ0v) is 18.9. The van der Waals surface area contributed by atoms with E-state index in [-0.39, 0.29) is 17.4 Å². The van der Waals surface area contributed by atoms with Gasteiger partial charge in [-0.15, -0.1) is 0 Å². The van der Waals surface area contributed by atoms with E-state index >= 15 is 0 Å². The molecule has 1 aromatic heterocycles. The minimum Gasteiger partial charge on any atom is -0.493 e. The second-order valence-corrected chi connectivity index (χ2v) is 8.15. The number of aromatic nitrogens is 2. The summed E-state index contributed by atoms with van der Waals surface area (Å²) in [5, 5.41) is 2.96. The number of para-hydroxylation sites is 2. The number of nitrogens with two attached hydrogens (primary N) is 2. The van der Waals surface area contributed by atoms with Gasteiger partial charge in [0.05, 0.1) is 29.9 Å². The van der Waals surface area contributed by atoms with Crippen molar-refractivity contribution in [3.63, 3.8) is 0 Å². The van der Waals surface area contributed by atoms with Crippen LogP contribution >= 0.6 is 0 Å². The van der Waals surface area contributed by atoms with Gasteiger partial charge in [0, 0.05) is 19.2 Å². The maximum atomic E-state index is 13.1. The number of carbonyl (C=O) groups excluding carboxylic acids is 1. The highest BCUT2D eigenvalue weighted by Gasteiger charge is 2.18. The molecule has 0 unspecified atom stereocenters. The van der Waals surface area contributed by atoms with Gasteiger partial charge in [0.2, 0.25) is 0 Å². The monoisotopic (exact) mass is 446 g/mol. The van der Waals surface area contributed by atoms with Crippen LogP contribution < -0.4 is 26.4 Å². The highest BCUT2D eigenvalue weighted by molar-refractivity contribution is 6.07. The Balaban J connectivity index is 1.74. The highest BCUT2D eigenvalue weighted by atomic mass is 16.5. The third-order valence-electron chi connectivity index (χ3n) is 5.73. The molecule has 0 fully saturated rings. The van der Waals surface area contributed by atoms with Crippen LogP contribution in [0, 0.1) is 0 Å². The van der Waals surface area contributed by atoms with Gasteiger partial charge in [-0.05, 0) is 68.1 Å². The van der Waals surface area contributed by atoms with Crippen LogP contribution in [0.1, 0.15) is 35.3 Å². The van der Waals surface area contributed by atoms with Gasteiger partial charge in [0.1, 0.15) is 5.75 Å². The van der Waals surface area contributed by atoms with Crippen molar-refractivity contribution in [1.29, 1.82) is 0 Å². The molecule has 0 aliphatic carbocycles. The number of hydrogen-bond donors (Lipinski definition) is 3. The minimum absolute atomic E-state index is 0.0911. The number of carbonyl (C=O) groups is 1. The zero-order chi connectivity index (χ0) is 23.2. The van der Waals surface area contributed by atoms with Gasteiger partial charge >= 0.3 is 0 Å². The van der Waals surface area contributed by atoms with Crippen LogP contribution in [-0.4, -0.2) is 42.6 Å².